The third-order valence-corrected chi connectivity index (χ3v) is 4.76. The van der Waals surface area contributed by atoms with Crippen molar-refractivity contribution in [2.45, 2.75) is 9.79 Å². The van der Waals surface area contributed by atoms with Crippen LogP contribution < -0.4 is 5.55 Å². The normalized spacial score (nSPS) is 11.6. The molecule has 3 aromatic rings. The highest BCUT2D eigenvalue weighted by Crippen LogP contribution is 2.21. The molecule has 0 amide bonds. The van der Waals surface area contributed by atoms with Crippen molar-refractivity contribution < 1.29 is 12.8 Å². The molecule has 5 heteroatoms. The molecule has 0 saturated heterocycles. The summed E-state index contributed by atoms with van der Waals surface area (Å²) in [5.41, 5.74) is 0.136. The lowest BCUT2D eigenvalue weighted by Gasteiger charge is -2.05. The summed E-state index contributed by atoms with van der Waals surface area (Å²) in [6.45, 7) is 0. The van der Waals surface area contributed by atoms with Crippen LogP contribution in [0.3, 0.4) is 0 Å². The Morgan fingerprint density at radius 1 is 0.900 bits per heavy atom. The van der Waals surface area contributed by atoms with Gasteiger partial charge in [0.25, 0.3) is 0 Å². The van der Waals surface area contributed by atoms with Crippen LogP contribution in [0.2, 0.25) is 0 Å². The zero-order valence-corrected chi connectivity index (χ0v) is 11.2. The first-order chi connectivity index (χ1) is 9.59. The van der Waals surface area contributed by atoms with Crippen LogP contribution in [-0.4, -0.2) is 8.42 Å². The fourth-order valence-electron chi connectivity index (χ4n) is 1.99. The van der Waals surface area contributed by atoms with Crippen LogP contribution in [0.1, 0.15) is 0 Å². The molecular weight excluding hydrogens is 274 g/mol. The summed E-state index contributed by atoms with van der Waals surface area (Å²) in [5, 5.41) is 8.46. The summed E-state index contributed by atoms with van der Waals surface area (Å²) in [6.07, 6.45) is 0. The van der Waals surface area contributed by atoms with Crippen molar-refractivity contribution in [2.75, 3.05) is 0 Å². The monoisotopic (exact) mass is 285 g/mol. The third kappa shape index (κ3) is 2.02. The second-order valence-corrected chi connectivity index (χ2v) is 6.21. The molecule has 2 aromatic carbocycles. The number of hydrogen-bond acceptors (Lipinski definition) is 4. The average molecular weight is 285 g/mol. The molecule has 0 fully saturated rings. The first-order valence-corrected chi connectivity index (χ1v) is 7.45. The molecule has 0 radical (unpaired) electrons. The number of benzene rings is 2. The summed E-state index contributed by atoms with van der Waals surface area (Å²) in [5.74, 6) is 0. The smallest absolute Gasteiger partial charge is 0.231 e. The van der Waals surface area contributed by atoms with E-state index in [1.54, 1.807) is 42.5 Å². The molecule has 1 aromatic heterocycles. The predicted octanol–water partition coefficient (Wildman–Crippen LogP) is 2.75. The predicted molar refractivity (Wildman–Crippen MR) is 74.0 cm³/mol. The summed E-state index contributed by atoms with van der Waals surface area (Å²) < 4.78 is 30.3. The van der Waals surface area contributed by atoms with Gasteiger partial charge in [-0.1, -0.05) is 36.4 Å². The Morgan fingerprint density at radius 2 is 1.55 bits per heavy atom. The van der Waals surface area contributed by atoms with Crippen molar-refractivity contribution in [2.24, 2.45) is 0 Å². The van der Waals surface area contributed by atoms with E-state index < -0.39 is 9.84 Å². The van der Waals surface area contributed by atoms with Crippen LogP contribution in [0, 0.1) is 5.41 Å². The van der Waals surface area contributed by atoms with Gasteiger partial charge in [-0.05, 0) is 24.3 Å². The van der Waals surface area contributed by atoms with Crippen molar-refractivity contribution in [1.29, 1.82) is 5.41 Å². The molecule has 20 heavy (non-hydrogen) atoms. The molecular formula is C15H11NO3S. The minimum Gasteiger partial charge on any atom is -0.438 e. The molecule has 0 aliphatic heterocycles. The first-order valence-electron chi connectivity index (χ1n) is 5.97. The van der Waals surface area contributed by atoms with Crippen LogP contribution in [0.25, 0.3) is 11.0 Å². The number of para-hydroxylation sites is 1. The molecule has 0 aliphatic rings. The molecule has 3 rings (SSSR count). The highest BCUT2D eigenvalue weighted by atomic mass is 32.2. The van der Waals surface area contributed by atoms with Gasteiger partial charge in [0.1, 0.15) is 10.5 Å². The van der Waals surface area contributed by atoms with E-state index in [1.807, 2.05) is 0 Å². The quantitative estimate of drug-likeness (QED) is 0.787. The summed E-state index contributed by atoms with van der Waals surface area (Å²) in [7, 11) is -3.74. The molecule has 1 N–H and O–H groups in total. The molecule has 1 heterocycles. The van der Waals surface area contributed by atoms with Gasteiger partial charge in [0.05, 0.1) is 4.90 Å². The van der Waals surface area contributed by atoms with E-state index in [0.29, 0.717) is 11.0 Å². The Morgan fingerprint density at radius 3 is 2.30 bits per heavy atom. The summed E-state index contributed by atoms with van der Waals surface area (Å²) >= 11 is 0. The van der Waals surface area contributed by atoms with E-state index in [1.165, 1.54) is 18.2 Å². The van der Waals surface area contributed by atoms with Gasteiger partial charge >= 0.3 is 0 Å². The lowest BCUT2D eigenvalue weighted by molar-refractivity contribution is 0.506. The van der Waals surface area contributed by atoms with Gasteiger partial charge in [0.15, 0.2) is 0 Å². The van der Waals surface area contributed by atoms with Crippen LogP contribution in [-0.2, 0) is 9.84 Å². The second kappa shape index (κ2) is 4.61. The molecule has 0 atom stereocenters. The molecule has 0 unspecified atom stereocenters. The van der Waals surface area contributed by atoms with Crippen LogP contribution >= 0.6 is 0 Å². The topological polar surface area (TPSA) is 71.1 Å². The number of rotatable bonds is 2. The van der Waals surface area contributed by atoms with Gasteiger partial charge < -0.3 is 4.42 Å². The van der Waals surface area contributed by atoms with Crippen molar-refractivity contribution in [3.8, 4) is 0 Å². The van der Waals surface area contributed by atoms with E-state index in [9.17, 15) is 8.42 Å². The third-order valence-electron chi connectivity index (χ3n) is 2.98. The van der Waals surface area contributed by atoms with Gasteiger partial charge in [-0.15, -0.1) is 0 Å². The zero-order valence-electron chi connectivity index (χ0n) is 10.4. The van der Waals surface area contributed by atoms with E-state index in [0.717, 1.165) is 0 Å². The Bertz CT molecular complexity index is 928. The van der Waals surface area contributed by atoms with Crippen molar-refractivity contribution in [1.82, 2.24) is 0 Å². The van der Waals surface area contributed by atoms with Gasteiger partial charge in [-0.3, -0.25) is 5.41 Å². The standard InChI is InChI=1S/C15H11NO3S/c16-15-14(10-11-6-4-5-9-13(11)19-15)20(17,18)12-7-2-1-3-8-12/h1-10,16H. The zero-order chi connectivity index (χ0) is 14.2. The van der Waals surface area contributed by atoms with Crippen LogP contribution in [0.5, 0.6) is 0 Å². The van der Waals surface area contributed by atoms with Gasteiger partial charge in [0, 0.05) is 5.39 Å². The van der Waals surface area contributed by atoms with Crippen LogP contribution in [0.15, 0.2) is 74.9 Å². The first kappa shape index (κ1) is 12.6. The maximum atomic E-state index is 12.5. The maximum Gasteiger partial charge on any atom is 0.231 e. The molecule has 0 saturated carbocycles. The lowest BCUT2D eigenvalue weighted by Crippen LogP contribution is -2.14. The number of sulfone groups is 1. The SMILES string of the molecule is N=c1oc2ccccc2cc1S(=O)(=O)c1ccccc1. The highest BCUT2D eigenvalue weighted by Gasteiger charge is 2.21. The van der Waals surface area contributed by atoms with Gasteiger partial charge in [0.2, 0.25) is 15.4 Å². The number of fused-ring (bicyclic) bond motifs is 1. The van der Waals surface area contributed by atoms with Gasteiger partial charge in [-0.2, -0.15) is 0 Å². The maximum absolute atomic E-state index is 12.5. The average Bonchev–Trinajstić information content (AvgIpc) is 2.47. The van der Waals surface area contributed by atoms with E-state index in [4.69, 9.17) is 9.83 Å². The Hall–Kier alpha value is -2.40. The van der Waals surface area contributed by atoms with Crippen molar-refractivity contribution >= 4 is 20.8 Å². The second-order valence-electron chi connectivity index (χ2n) is 4.29. The largest absolute Gasteiger partial charge is 0.438 e. The minimum absolute atomic E-state index is 0.123. The Labute approximate surface area is 115 Å². The highest BCUT2D eigenvalue weighted by molar-refractivity contribution is 7.91. The minimum atomic E-state index is -3.74. The number of nitrogens with one attached hydrogen (secondary N) is 1. The Kier molecular flexibility index (Phi) is 2.91. The Balaban J connectivity index is 2.30. The fourth-order valence-corrected chi connectivity index (χ4v) is 3.32. The molecule has 0 spiro atoms. The molecule has 0 aliphatic carbocycles. The molecule has 0 bridgehead atoms. The van der Waals surface area contributed by atoms with Gasteiger partial charge in [-0.25, -0.2) is 8.42 Å². The van der Waals surface area contributed by atoms with Crippen molar-refractivity contribution in [3.63, 3.8) is 0 Å². The number of hydrogen-bond donors (Lipinski definition) is 1. The molecule has 4 nitrogen and oxygen atoms in total. The summed E-state index contributed by atoms with van der Waals surface area (Å²) in [6, 6.07) is 16.5. The van der Waals surface area contributed by atoms with E-state index >= 15 is 0 Å². The fraction of sp³-hybridized carbons (Fsp3) is 0. The summed E-state index contributed by atoms with van der Waals surface area (Å²) in [4.78, 5) is 0.0291. The van der Waals surface area contributed by atoms with Crippen molar-refractivity contribution in [3.05, 3.63) is 66.2 Å². The lowest BCUT2D eigenvalue weighted by atomic mass is 10.2. The molecule has 100 valence electrons. The van der Waals surface area contributed by atoms with Crippen LogP contribution in [0.4, 0.5) is 0 Å². The van der Waals surface area contributed by atoms with E-state index in [2.05, 4.69) is 0 Å². The van der Waals surface area contributed by atoms with E-state index in [-0.39, 0.29) is 15.3 Å².